The number of aromatic nitrogens is 1. The van der Waals surface area contributed by atoms with Crippen LogP contribution in [-0.4, -0.2) is 4.98 Å². The molecule has 12 heavy (non-hydrogen) atoms. The molecule has 0 atom stereocenters. The molecule has 6 heteroatoms. The fourth-order valence-corrected chi connectivity index (χ4v) is 0.761. The minimum Gasteiger partial charge on any atom is -0.207 e. The van der Waals surface area contributed by atoms with Crippen LogP contribution in [0.25, 0.3) is 0 Å². The smallest absolute Gasteiger partial charge is 0.207 e. The van der Waals surface area contributed by atoms with Crippen LogP contribution in [0.2, 0.25) is 5.15 Å². The zero-order valence-corrected chi connectivity index (χ0v) is 6.25. The molecule has 0 saturated heterocycles. The van der Waals surface area contributed by atoms with Gasteiger partial charge in [0.2, 0.25) is 5.95 Å². The molecule has 0 aliphatic rings. The Balaban J connectivity index is 3.19. The summed E-state index contributed by atoms with van der Waals surface area (Å²) in [6.45, 7) is 0. The molecule has 0 bridgehead atoms. The third-order valence-electron chi connectivity index (χ3n) is 1.12. The minimum absolute atomic E-state index is 0.305. The highest BCUT2D eigenvalue weighted by Crippen LogP contribution is 2.30. The molecule has 0 spiro atoms. The van der Waals surface area contributed by atoms with E-state index in [1.807, 2.05) is 0 Å². The van der Waals surface area contributed by atoms with Gasteiger partial charge in [-0.15, -0.1) is 0 Å². The van der Waals surface area contributed by atoms with E-state index in [9.17, 15) is 17.6 Å². The molecule has 0 N–H and O–H groups in total. The number of rotatable bonds is 0. The lowest BCUT2D eigenvalue weighted by molar-refractivity contribution is -0.140. The van der Waals surface area contributed by atoms with Crippen LogP contribution in [0, 0.1) is 5.95 Å². The second kappa shape index (κ2) is 2.90. The molecule has 1 aromatic heterocycles. The van der Waals surface area contributed by atoms with Gasteiger partial charge < -0.3 is 0 Å². The predicted octanol–water partition coefficient (Wildman–Crippen LogP) is 2.89. The second-order valence-electron chi connectivity index (χ2n) is 1.97. The van der Waals surface area contributed by atoms with Crippen molar-refractivity contribution in [3.05, 3.63) is 28.8 Å². The van der Waals surface area contributed by atoms with Gasteiger partial charge in [0.15, 0.2) is 0 Å². The standard InChI is InChI=1S/C6H2ClF4N/c7-4-2-1-3(5(8)12-4)6(9,10)11/h1-2H. The first-order valence-electron chi connectivity index (χ1n) is 2.80. The van der Waals surface area contributed by atoms with Crippen LogP contribution >= 0.6 is 11.6 Å². The molecule has 1 heterocycles. The second-order valence-corrected chi connectivity index (χ2v) is 2.36. The summed E-state index contributed by atoms with van der Waals surface area (Å²) < 4.78 is 48.0. The van der Waals surface area contributed by atoms with Gasteiger partial charge in [0.1, 0.15) is 10.7 Å². The number of pyridine rings is 1. The molecule has 66 valence electrons. The normalized spacial score (nSPS) is 11.8. The lowest BCUT2D eigenvalue weighted by Gasteiger charge is -2.05. The third-order valence-corrected chi connectivity index (χ3v) is 1.33. The van der Waals surface area contributed by atoms with Gasteiger partial charge in [0.05, 0.1) is 0 Å². The zero-order chi connectivity index (χ0) is 9.35. The van der Waals surface area contributed by atoms with Crippen molar-refractivity contribution in [1.82, 2.24) is 4.98 Å². The Morgan fingerprint density at radius 1 is 1.25 bits per heavy atom. The molecular formula is C6H2ClF4N. The molecule has 0 aliphatic carbocycles. The maximum absolute atomic E-state index is 12.4. The first-order valence-corrected chi connectivity index (χ1v) is 3.18. The molecule has 0 fully saturated rings. The molecule has 1 rings (SSSR count). The third kappa shape index (κ3) is 1.85. The summed E-state index contributed by atoms with van der Waals surface area (Å²) in [7, 11) is 0. The first kappa shape index (κ1) is 9.25. The molecule has 0 aliphatic heterocycles. The summed E-state index contributed by atoms with van der Waals surface area (Å²) in [4.78, 5) is 2.82. The van der Waals surface area contributed by atoms with Crippen LogP contribution in [0.3, 0.4) is 0 Å². The van der Waals surface area contributed by atoms with Crippen molar-refractivity contribution >= 4 is 11.6 Å². The number of hydrogen-bond acceptors (Lipinski definition) is 1. The summed E-state index contributed by atoms with van der Waals surface area (Å²) >= 11 is 5.15. The summed E-state index contributed by atoms with van der Waals surface area (Å²) in [5.74, 6) is -1.60. The van der Waals surface area contributed by atoms with Crippen LogP contribution in [0.15, 0.2) is 12.1 Å². The molecule has 0 saturated carbocycles. The molecule has 0 amide bonds. The van der Waals surface area contributed by atoms with Crippen molar-refractivity contribution in [2.24, 2.45) is 0 Å². The predicted molar refractivity (Wildman–Crippen MR) is 34.2 cm³/mol. The largest absolute Gasteiger partial charge is 0.420 e. The van der Waals surface area contributed by atoms with Gasteiger partial charge in [0.25, 0.3) is 0 Å². The van der Waals surface area contributed by atoms with E-state index in [4.69, 9.17) is 11.6 Å². The van der Waals surface area contributed by atoms with Crippen LogP contribution in [-0.2, 0) is 6.18 Å². The van der Waals surface area contributed by atoms with E-state index in [1.165, 1.54) is 0 Å². The molecule has 0 radical (unpaired) electrons. The summed E-state index contributed by atoms with van der Waals surface area (Å²) in [5.41, 5.74) is -1.41. The average molecular weight is 200 g/mol. The Kier molecular flexibility index (Phi) is 2.23. The van der Waals surface area contributed by atoms with E-state index in [0.717, 1.165) is 6.07 Å². The minimum atomic E-state index is -4.72. The monoisotopic (exact) mass is 199 g/mol. The Labute approximate surface area is 70.0 Å². The number of hydrogen-bond donors (Lipinski definition) is 0. The van der Waals surface area contributed by atoms with Gasteiger partial charge in [-0.05, 0) is 12.1 Å². The van der Waals surface area contributed by atoms with E-state index in [0.29, 0.717) is 6.07 Å². The molecule has 1 nitrogen and oxygen atoms in total. The Morgan fingerprint density at radius 3 is 2.25 bits per heavy atom. The van der Waals surface area contributed by atoms with Crippen molar-refractivity contribution in [3.8, 4) is 0 Å². The lowest BCUT2D eigenvalue weighted by atomic mass is 10.3. The Morgan fingerprint density at radius 2 is 1.83 bits per heavy atom. The maximum atomic E-state index is 12.4. The van der Waals surface area contributed by atoms with Gasteiger partial charge in [-0.3, -0.25) is 0 Å². The fraction of sp³-hybridized carbons (Fsp3) is 0.167. The van der Waals surface area contributed by atoms with Crippen molar-refractivity contribution in [3.63, 3.8) is 0 Å². The van der Waals surface area contributed by atoms with Gasteiger partial charge in [0, 0.05) is 0 Å². The van der Waals surface area contributed by atoms with Crippen LogP contribution < -0.4 is 0 Å². The Hall–Kier alpha value is -0.840. The van der Waals surface area contributed by atoms with Gasteiger partial charge in [-0.1, -0.05) is 11.6 Å². The highest BCUT2D eigenvalue weighted by Gasteiger charge is 2.34. The summed E-state index contributed by atoms with van der Waals surface area (Å²) in [6.07, 6.45) is -4.72. The fourth-order valence-electron chi connectivity index (χ4n) is 0.624. The highest BCUT2D eigenvalue weighted by molar-refractivity contribution is 6.29. The molecular weight excluding hydrogens is 198 g/mol. The molecule has 1 aromatic rings. The van der Waals surface area contributed by atoms with E-state index in [1.54, 1.807) is 0 Å². The van der Waals surface area contributed by atoms with Crippen LogP contribution in [0.4, 0.5) is 17.6 Å². The number of alkyl halides is 3. The van der Waals surface area contributed by atoms with Crippen molar-refractivity contribution in [2.45, 2.75) is 6.18 Å². The SMILES string of the molecule is Fc1nc(Cl)ccc1C(F)(F)F. The van der Waals surface area contributed by atoms with Crippen LogP contribution in [0.1, 0.15) is 5.56 Å². The van der Waals surface area contributed by atoms with Gasteiger partial charge in [-0.25, -0.2) is 4.98 Å². The highest BCUT2D eigenvalue weighted by atomic mass is 35.5. The topological polar surface area (TPSA) is 12.9 Å². The number of nitrogens with zero attached hydrogens (tertiary/aromatic N) is 1. The maximum Gasteiger partial charge on any atom is 0.420 e. The van der Waals surface area contributed by atoms with Crippen molar-refractivity contribution in [2.75, 3.05) is 0 Å². The van der Waals surface area contributed by atoms with Crippen LogP contribution in [0.5, 0.6) is 0 Å². The quantitative estimate of drug-likeness (QED) is 0.463. The Bertz CT molecular complexity index is 296. The van der Waals surface area contributed by atoms with Crippen molar-refractivity contribution < 1.29 is 17.6 Å². The van der Waals surface area contributed by atoms with E-state index >= 15 is 0 Å². The van der Waals surface area contributed by atoms with E-state index in [-0.39, 0.29) is 5.15 Å². The number of halogens is 5. The molecule has 0 aromatic carbocycles. The zero-order valence-electron chi connectivity index (χ0n) is 5.49. The first-order chi connectivity index (χ1) is 5.41. The van der Waals surface area contributed by atoms with E-state index in [2.05, 4.69) is 4.98 Å². The van der Waals surface area contributed by atoms with E-state index < -0.39 is 17.7 Å². The molecule has 0 unspecified atom stereocenters. The van der Waals surface area contributed by atoms with Gasteiger partial charge >= 0.3 is 6.18 Å². The summed E-state index contributed by atoms with van der Waals surface area (Å²) in [5, 5.41) is -0.305. The summed E-state index contributed by atoms with van der Waals surface area (Å²) in [6, 6.07) is 1.43. The lowest BCUT2D eigenvalue weighted by Crippen LogP contribution is -2.09. The van der Waals surface area contributed by atoms with Crippen molar-refractivity contribution in [1.29, 1.82) is 0 Å². The average Bonchev–Trinajstić information content (AvgIpc) is 1.83. The van der Waals surface area contributed by atoms with Gasteiger partial charge in [-0.2, -0.15) is 17.6 Å².